The molecule has 0 saturated carbocycles. The summed E-state index contributed by atoms with van der Waals surface area (Å²) in [5.41, 5.74) is 6.40. The average molecular weight is 413 g/mol. The van der Waals surface area contributed by atoms with Crippen molar-refractivity contribution in [3.05, 3.63) is 94.5 Å². The van der Waals surface area contributed by atoms with Crippen LogP contribution in [0.25, 0.3) is 0 Å². The van der Waals surface area contributed by atoms with Gasteiger partial charge in [-0.1, -0.05) is 37.3 Å². The van der Waals surface area contributed by atoms with Crippen molar-refractivity contribution in [2.45, 2.75) is 39.5 Å². The van der Waals surface area contributed by atoms with Gasteiger partial charge in [0, 0.05) is 29.0 Å². The number of hydrogen-bond donors (Lipinski definition) is 1. The van der Waals surface area contributed by atoms with Crippen LogP contribution in [0, 0.1) is 13.8 Å². The van der Waals surface area contributed by atoms with E-state index in [0.29, 0.717) is 29.3 Å². The average Bonchev–Trinajstić information content (AvgIpc) is 2.93. The minimum atomic E-state index is -0.150. The second kappa shape index (κ2) is 8.76. The van der Waals surface area contributed by atoms with E-state index in [2.05, 4.69) is 31.3 Å². The van der Waals surface area contributed by atoms with E-state index in [9.17, 15) is 9.59 Å². The molecule has 1 aliphatic rings. The Kier molecular flexibility index (Phi) is 5.90. The summed E-state index contributed by atoms with van der Waals surface area (Å²) in [6.45, 7) is 6.99. The number of hydrogen-bond acceptors (Lipinski definition) is 2. The molecule has 0 bridgehead atoms. The Bertz CT molecular complexity index is 1120. The standard InChI is InChI=1S/C27H28N2O2/c1-18-8-4-5-11-23(18)26(30)28-22-15-13-21(14-16-22)27(31)29-17-7-10-20(3)25-19(2)9-6-12-24(25)29/h4-6,8-9,11-16,20H,7,10,17H2,1-3H3,(H,28,30)/t20-/m0/s1. The fraction of sp³-hybridized carbons (Fsp3) is 0.259. The Labute approximate surface area is 183 Å². The molecular weight excluding hydrogens is 384 g/mol. The number of carbonyl (C=O) groups excluding carboxylic acids is 2. The highest BCUT2D eigenvalue weighted by atomic mass is 16.2. The van der Waals surface area contributed by atoms with Crippen LogP contribution in [0.3, 0.4) is 0 Å². The zero-order valence-corrected chi connectivity index (χ0v) is 18.3. The highest BCUT2D eigenvalue weighted by Crippen LogP contribution is 2.37. The molecule has 1 atom stereocenters. The molecule has 0 unspecified atom stereocenters. The van der Waals surface area contributed by atoms with Gasteiger partial charge in [-0.2, -0.15) is 0 Å². The molecular formula is C27H28N2O2. The minimum absolute atomic E-state index is 0.00210. The third kappa shape index (κ3) is 4.24. The van der Waals surface area contributed by atoms with Gasteiger partial charge in [0.05, 0.1) is 0 Å². The maximum absolute atomic E-state index is 13.4. The van der Waals surface area contributed by atoms with Gasteiger partial charge in [0.15, 0.2) is 0 Å². The molecule has 2 amide bonds. The van der Waals surface area contributed by atoms with Gasteiger partial charge < -0.3 is 10.2 Å². The second-order valence-corrected chi connectivity index (χ2v) is 8.35. The largest absolute Gasteiger partial charge is 0.322 e. The number of nitrogens with zero attached hydrogens (tertiary/aromatic N) is 1. The van der Waals surface area contributed by atoms with Crippen molar-refractivity contribution >= 4 is 23.2 Å². The second-order valence-electron chi connectivity index (χ2n) is 8.35. The number of fused-ring (bicyclic) bond motifs is 1. The molecule has 0 aromatic heterocycles. The summed E-state index contributed by atoms with van der Waals surface area (Å²) in [6, 6.07) is 20.9. The molecule has 31 heavy (non-hydrogen) atoms. The summed E-state index contributed by atoms with van der Waals surface area (Å²) in [5.74, 6) is 0.286. The number of nitrogens with one attached hydrogen (secondary N) is 1. The fourth-order valence-electron chi connectivity index (χ4n) is 4.45. The summed E-state index contributed by atoms with van der Waals surface area (Å²) in [6.07, 6.45) is 2.05. The number of anilines is 2. The lowest BCUT2D eigenvalue weighted by atomic mass is 9.92. The zero-order chi connectivity index (χ0) is 22.0. The first-order valence-corrected chi connectivity index (χ1v) is 10.8. The van der Waals surface area contributed by atoms with Crippen LogP contribution in [-0.2, 0) is 0 Å². The Morgan fingerprint density at radius 2 is 1.61 bits per heavy atom. The van der Waals surface area contributed by atoms with Gasteiger partial charge in [-0.3, -0.25) is 9.59 Å². The monoisotopic (exact) mass is 412 g/mol. The highest BCUT2D eigenvalue weighted by Gasteiger charge is 2.26. The van der Waals surface area contributed by atoms with Gasteiger partial charge in [0.1, 0.15) is 0 Å². The molecule has 4 nitrogen and oxygen atoms in total. The number of carbonyl (C=O) groups is 2. The SMILES string of the molecule is Cc1ccccc1C(=O)Nc1ccc(C(=O)N2CCC[C@H](C)c3c(C)cccc32)cc1. The molecule has 0 spiro atoms. The molecule has 3 aromatic rings. The van der Waals surface area contributed by atoms with Gasteiger partial charge in [0.2, 0.25) is 0 Å². The van der Waals surface area contributed by atoms with Crippen LogP contribution < -0.4 is 10.2 Å². The number of benzene rings is 3. The van der Waals surface area contributed by atoms with Crippen LogP contribution in [0.2, 0.25) is 0 Å². The summed E-state index contributed by atoms with van der Waals surface area (Å²) >= 11 is 0. The van der Waals surface area contributed by atoms with E-state index in [1.807, 2.05) is 42.2 Å². The predicted octanol–water partition coefficient (Wildman–Crippen LogP) is 6.10. The van der Waals surface area contributed by atoms with Crippen molar-refractivity contribution in [3.63, 3.8) is 0 Å². The first kappa shape index (κ1) is 20.9. The van der Waals surface area contributed by atoms with Crippen LogP contribution in [0.15, 0.2) is 66.7 Å². The number of rotatable bonds is 3. The normalized spacial score (nSPS) is 15.7. The quantitative estimate of drug-likeness (QED) is 0.565. The van der Waals surface area contributed by atoms with Crippen LogP contribution >= 0.6 is 0 Å². The first-order valence-electron chi connectivity index (χ1n) is 10.8. The van der Waals surface area contributed by atoms with E-state index in [1.54, 1.807) is 24.3 Å². The Balaban J connectivity index is 1.55. The van der Waals surface area contributed by atoms with Crippen molar-refractivity contribution in [1.29, 1.82) is 0 Å². The molecule has 1 aliphatic heterocycles. The molecule has 4 rings (SSSR count). The molecule has 0 aliphatic carbocycles. The molecule has 3 aromatic carbocycles. The lowest BCUT2D eigenvalue weighted by molar-refractivity contribution is 0.0985. The molecule has 1 N–H and O–H groups in total. The van der Waals surface area contributed by atoms with Gasteiger partial charge in [0.25, 0.3) is 11.8 Å². The Hall–Kier alpha value is -3.40. The van der Waals surface area contributed by atoms with Crippen molar-refractivity contribution in [3.8, 4) is 0 Å². The van der Waals surface area contributed by atoms with Crippen LogP contribution in [0.4, 0.5) is 11.4 Å². The van der Waals surface area contributed by atoms with Gasteiger partial charge in [-0.15, -0.1) is 0 Å². The lowest BCUT2D eigenvalue weighted by Crippen LogP contribution is -2.31. The maximum atomic E-state index is 13.4. The molecule has 0 radical (unpaired) electrons. The van der Waals surface area contributed by atoms with Crippen LogP contribution in [-0.4, -0.2) is 18.4 Å². The van der Waals surface area contributed by atoms with Crippen molar-refractivity contribution in [2.24, 2.45) is 0 Å². The van der Waals surface area contributed by atoms with Crippen molar-refractivity contribution in [1.82, 2.24) is 0 Å². The molecule has 158 valence electrons. The molecule has 0 saturated heterocycles. The lowest BCUT2D eigenvalue weighted by Gasteiger charge is -2.25. The predicted molar refractivity (Wildman–Crippen MR) is 126 cm³/mol. The highest BCUT2D eigenvalue weighted by molar-refractivity contribution is 6.08. The fourth-order valence-corrected chi connectivity index (χ4v) is 4.45. The molecule has 4 heteroatoms. The third-order valence-electron chi connectivity index (χ3n) is 6.13. The van der Waals surface area contributed by atoms with Crippen LogP contribution in [0.5, 0.6) is 0 Å². The summed E-state index contributed by atoms with van der Waals surface area (Å²) in [4.78, 5) is 27.8. The Morgan fingerprint density at radius 1 is 0.903 bits per heavy atom. The van der Waals surface area contributed by atoms with E-state index in [0.717, 1.165) is 24.1 Å². The van der Waals surface area contributed by atoms with E-state index in [1.165, 1.54) is 11.1 Å². The summed E-state index contributed by atoms with van der Waals surface area (Å²) < 4.78 is 0. The molecule has 1 heterocycles. The zero-order valence-electron chi connectivity index (χ0n) is 18.3. The van der Waals surface area contributed by atoms with Crippen LogP contribution in [0.1, 0.15) is 63.1 Å². The van der Waals surface area contributed by atoms with Gasteiger partial charge in [-0.25, -0.2) is 0 Å². The van der Waals surface area contributed by atoms with Gasteiger partial charge >= 0.3 is 0 Å². The van der Waals surface area contributed by atoms with E-state index >= 15 is 0 Å². The maximum Gasteiger partial charge on any atom is 0.258 e. The number of aryl methyl sites for hydroxylation is 2. The van der Waals surface area contributed by atoms with Crippen molar-refractivity contribution < 1.29 is 9.59 Å². The van der Waals surface area contributed by atoms with E-state index in [4.69, 9.17) is 0 Å². The van der Waals surface area contributed by atoms with E-state index < -0.39 is 0 Å². The molecule has 0 fully saturated rings. The minimum Gasteiger partial charge on any atom is -0.322 e. The Morgan fingerprint density at radius 3 is 2.35 bits per heavy atom. The first-order chi connectivity index (χ1) is 15.0. The van der Waals surface area contributed by atoms with E-state index in [-0.39, 0.29) is 11.8 Å². The summed E-state index contributed by atoms with van der Waals surface area (Å²) in [7, 11) is 0. The van der Waals surface area contributed by atoms with Crippen molar-refractivity contribution in [2.75, 3.05) is 16.8 Å². The number of amides is 2. The summed E-state index contributed by atoms with van der Waals surface area (Å²) in [5, 5.41) is 2.92. The topological polar surface area (TPSA) is 49.4 Å². The van der Waals surface area contributed by atoms with Gasteiger partial charge in [-0.05, 0) is 85.7 Å². The smallest absolute Gasteiger partial charge is 0.258 e. The third-order valence-corrected chi connectivity index (χ3v) is 6.13.